The Bertz CT molecular complexity index is 1030. The number of methoxy groups -OCH3 is 1. The minimum absolute atomic E-state index is 0. The van der Waals surface area contributed by atoms with Crippen LogP contribution in [0.15, 0.2) is 36.5 Å². The third-order valence-corrected chi connectivity index (χ3v) is 4.94. The number of ether oxygens (including phenoxy) is 2. The number of anilines is 1. The number of benzene rings is 1. The van der Waals surface area contributed by atoms with Crippen molar-refractivity contribution in [2.75, 3.05) is 33.1 Å². The summed E-state index contributed by atoms with van der Waals surface area (Å²) >= 11 is 0. The number of fused-ring (bicyclic) bond motifs is 1. The van der Waals surface area contributed by atoms with Gasteiger partial charge in [0.15, 0.2) is 11.5 Å². The number of aromatic nitrogens is 1. The Morgan fingerprint density at radius 1 is 1.33 bits per heavy atom. The normalized spacial score (nSPS) is 13.7. The number of carbonyl (C=O) groups excluding carboxylic acids is 2. The molecule has 1 N–H and O–H groups in total. The summed E-state index contributed by atoms with van der Waals surface area (Å²) in [4.78, 5) is 32.4. The highest BCUT2D eigenvalue weighted by molar-refractivity contribution is 5.93. The van der Waals surface area contributed by atoms with E-state index in [1.807, 2.05) is 50.1 Å². The highest BCUT2D eigenvalue weighted by atomic mass is 35.5. The smallest absolute Gasteiger partial charge is 0.246 e. The van der Waals surface area contributed by atoms with E-state index in [1.54, 1.807) is 31.3 Å². The molecule has 0 saturated carbocycles. The van der Waals surface area contributed by atoms with Gasteiger partial charge in [-0.25, -0.2) is 4.98 Å². The highest BCUT2D eigenvalue weighted by Crippen LogP contribution is 2.32. The molecule has 8 nitrogen and oxygen atoms in total. The van der Waals surface area contributed by atoms with Crippen molar-refractivity contribution < 1.29 is 19.1 Å². The zero-order valence-electron chi connectivity index (χ0n) is 19.6. The fourth-order valence-corrected chi connectivity index (χ4v) is 3.46. The highest BCUT2D eigenvalue weighted by Gasteiger charge is 2.18. The molecule has 2 aromatic rings. The first-order chi connectivity index (χ1) is 15.3. The quantitative estimate of drug-likeness (QED) is 0.619. The maximum atomic E-state index is 12.7. The van der Waals surface area contributed by atoms with Gasteiger partial charge in [0.2, 0.25) is 11.8 Å². The van der Waals surface area contributed by atoms with E-state index in [4.69, 9.17) is 9.47 Å². The minimum atomic E-state index is -0.149. The number of hydrogen-bond acceptors (Lipinski definition) is 6. The summed E-state index contributed by atoms with van der Waals surface area (Å²) in [6, 6.07) is 7.58. The Balaban J connectivity index is 0.00000385. The van der Waals surface area contributed by atoms with Crippen LogP contribution in [0.1, 0.15) is 30.5 Å². The number of pyridine rings is 1. The van der Waals surface area contributed by atoms with Crippen LogP contribution in [0.2, 0.25) is 0 Å². The van der Waals surface area contributed by atoms with E-state index in [2.05, 4.69) is 10.3 Å². The summed E-state index contributed by atoms with van der Waals surface area (Å²) in [5, 5.41) is 2.81. The van der Waals surface area contributed by atoms with Crippen molar-refractivity contribution in [3.63, 3.8) is 0 Å². The molecule has 3 rings (SSSR count). The van der Waals surface area contributed by atoms with Crippen molar-refractivity contribution in [1.82, 2.24) is 14.8 Å². The van der Waals surface area contributed by atoms with Gasteiger partial charge in [-0.1, -0.05) is 12.1 Å². The Labute approximate surface area is 201 Å². The van der Waals surface area contributed by atoms with Gasteiger partial charge in [-0.05, 0) is 44.7 Å². The van der Waals surface area contributed by atoms with Gasteiger partial charge in [0.1, 0.15) is 5.82 Å². The molecule has 0 unspecified atom stereocenters. The molecule has 9 heteroatoms. The van der Waals surface area contributed by atoms with E-state index in [1.165, 1.54) is 6.08 Å². The van der Waals surface area contributed by atoms with Crippen molar-refractivity contribution in [2.24, 2.45) is 0 Å². The molecule has 1 aliphatic rings. The first kappa shape index (κ1) is 26.2. The van der Waals surface area contributed by atoms with Gasteiger partial charge in [0, 0.05) is 43.5 Å². The number of rotatable bonds is 7. The topological polar surface area (TPSA) is 84.0 Å². The van der Waals surface area contributed by atoms with Crippen LogP contribution in [0.3, 0.4) is 0 Å². The summed E-state index contributed by atoms with van der Waals surface area (Å²) < 4.78 is 11.4. The first-order valence-electron chi connectivity index (χ1n) is 10.5. The van der Waals surface area contributed by atoms with Crippen LogP contribution >= 0.6 is 12.4 Å². The van der Waals surface area contributed by atoms with E-state index in [-0.39, 0.29) is 30.3 Å². The van der Waals surface area contributed by atoms with Crippen LogP contribution in [-0.4, -0.2) is 60.5 Å². The lowest BCUT2D eigenvalue weighted by atomic mass is 10.1. The van der Waals surface area contributed by atoms with Crippen LogP contribution < -0.4 is 14.8 Å². The number of para-hydroxylation sites is 1. The molecule has 1 aromatic carbocycles. The molecule has 0 fully saturated rings. The molecule has 2 heterocycles. The second-order valence-corrected chi connectivity index (χ2v) is 8.14. The van der Waals surface area contributed by atoms with Crippen molar-refractivity contribution in [1.29, 1.82) is 0 Å². The molecule has 0 aliphatic carbocycles. The van der Waals surface area contributed by atoms with Gasteiger partial charge in [0.25, 0.3) is 0 Å². The lowest BCUT2D eigenvalue weighted by Gasteiger charge is -2.21. The van der Waals surface area contributed by atoms with Crippen molar-refractivity contribution in [2.45, 2.75) is 33.0 Å². The minimum Gasteiger partial charge on any atom is -0.493 e. The molecule has 1 aromatic heterocycles. The molecule has 0 bridgehead atoms. The summed E-state index contributed by atoms with van der Waals surface area (Å²) in [6.45, 7) is 5.20. The van der Waals surface area contributed by atoms with Crippen LogP contribution in [0.4, 0.5) is 5.82 Å². The maximum Gasteiger partial charge on any atom is 0.246 e. The molecule has 0 radical (unpaired) electrons. The van der Waals surface area contributed by atoms with E-state index in [0.717, 1.165) is 16.7 Å². The maximum absolute atomic E-state index is 12.7. The Kier molecular flexibility index (Phi) is 9.25. The number of likely N-dealkylation sites (N-methyl/N-ethyl adjacent to an activating group) is 2. The van der Waals surface area contributed by atoms with E-state index in [9.17, 15) is 9.59 Å². The number of hydrogen-bond donors (Lipinski definition) is 1. The Morgan fingerprint density at radius 2 is 2.09 bits per heavy atom. The van der Waals surface area contributed by atoms with Crippen molar-refractivity contribution >= 4 is 36.1 Å². The second-order valence-electron chi connectivity index (χ2n) is 8.14. The number of amides is 2. The fourth-order valence-electron chi connectivity index (χ4n) is 3.46. The van der Waals surface area contributed by atoms with Gasteiger partial charge in [-0.2, -0.15) is 0 Å². The van der Waals surface area contributed by atoms with Crippen molar-refractivity contribution in [3.05, 3.63) is 53.2 Å². The molecule has 0 atom stereocenters. The predicted molar refractivity (Wildman–Crippen MR) is 131 cm³/mol. The van der Waals surface area contributed by atoms with E-state index < -0.39 is 0 Å². The molecule has 0 spiro atoms. The molecule has 2 amide bonds. The molecule has 0 saturated heterocycles. The third-order valence-electron chi connectivity index (χ3n) is 4.94. The number of carbonyl (C=O) groups is 2. The van der Waals surface area contributed by atoms with Crippen LogP contribution in [0.5, 0.6) is 11.5 Å². The average Bonchev–Trinajstić information content (AvgIpc) is 2.88. The zero-order chi connectivity index (χ0) is 23.3. The molecule has 33 heavy (non-hydrogen) atoms. The van der Waals surface area contributed by atoms with Crippen LogP contribution in [-0.2, 0) is 22.7 Å². The zero-order valence-corrected chi connectivity index (χ0v) is 20.4. The lowest BCUT2D eigenvalue weighted by Crippen LogP contribution is -2.26. The standard InChI is InChI=1S/C24H30N4O4.ClH/c1-16(2)32-23-18(7-6-8-20(23)31-5)14-28(4)22(30)10-9-17-11-19-13-27(3)15-21(29)26-24(19)25-12-17;/h6-12,16H,13-15H2,1-5H3,(H,25,26,29);1H/b10-9+;. The first-order valence-corrected chi connectivity index (χ1v) is 10.5. The van der Waals surface area contributed by atoms with Crippen molar-refractivity contribution in [3.8, 4) is 11.5 Å². The number of nitrogens with one attached hydrogen (secondary N) is 1. The van der Waals surface area contributed by atoms with Gasteiger partial charge in [0.05, 0.1) is 19.8 Å². The molecule has 1 aliphatic heterocycles. The predicted octanol–water partition coefficient (Wildman–Crippen LogP) is 3.35. The Hall–Kier alpha value is -3.10. The molecular formula is C24H31ClN4O4. The fraction of sp³-hybridized carbons (Fsp3) is 0.375. The largest absolute Gasteiger partial charge is 0.493 e. The third kappa shape index (κ3) is 6.94. The number of halogens is 1. The van der Waals surface area contributed by atoms with Gasteiger partial charge < -0.3 is 19.7 Å². The summed E-state index contributed by atoms with van der Waals surface area (Å²) in [5.74, 6) is 1.62. The molecule has 178 valence electrons. The Morgan fingerprint density at radius 3 is 2.79 bits per heavy atom. The summed E-state index contributed by atoms with van der Waals surface area (Å²) in [5.41, 5.74) is 2.57. The van der Waals surface area contributed by atoms with Crippen LogP contribution in [0.25, 0.3) is 6.08 Å². The number of nitrogens with zero attached hydrogens (tertiary/aromatic N) is 3. The monoisotopic (exact) mass is 474 g/mol. The molecular weight excluding hydrogens is 444 g/mol. The summed E-state index contributed by atoms with van der Waals surface area (Å²) in [6.07, 6.45) is 4.88. The average molecular weight is 475 g/mol. The van der Waals surface area contributed by atoms with Crippen LogP contribution in [0, 0.1) is 0 Å². The van der Waals surface area contributed by atoms with E-state index in [0.29, 0.717) is 37.0 Å². The lowest BCUT2D eigenvalue weighted by molar-refractivity contribution is -0.125. The van der Waals surface area contributed by atoms with Gasteiger partial charge in [-0.3, -0.25) is 14.5 Å². The summed E-state index contributed by atoms with van der Waals surface area (Å²) in [7, 11) is 5.22. The van der Waals surface area contributed by atoms with E-state index >= 15 is 0 Å². The SMILES string of the molecule is COc1cccc(CN(C)C(=O)/C=C/c2cnc3c(c2)CN(C)CC(=O)N3)c1OC(C)C.Cl. The van der Waals surface area contributed by atoms with Gasteiger partial charge in [-0.15, -0.1) is 12.4 Å². The second kappa shape index (κ2) is 11.7. The van der Waals surface area contributed by atoms with Gasteiger partial charge >= 0.3 is 0 Å².